The van der Waals surface area contributed by atoms with Crippen molar-refractivity contribution in [1.29, 1.82) is 0 Å². The van der Waals surface area contributed by atoms with Crippen molar-refractivity contribution in [1.82, 2.24) is 0 Å². The molecule has 0 amide bonds. The molecule has 49 heavy (non-hydrogen) atoms. The molecule has 0 radical (unpaired) electrons. The molecular weight excluding hydrogens is 729 g/mol. The minimum absolute atomic E-state index is 0.0401. The number of fused-ring (bicyclic) bond motifs is 2. The highest BCUT2D eigenvalue weighted by Gasteiger charge is 2.25. The molecule has 0 fully saturated rings. The number of carboxylic acid groups (broad SMARTS) is 2. The number of carbonyl (C=O) groups is 2. The quantitative estimate of drug-likeness (QED) is 0.115. The van der Waals surface area contributed by atoms with Crippen LogP contribution in [-0.2, 0) is 16.1 Å². The number of allylic oxidation sites excluding steroid dienone is 4. The zero-order chi connectivity index (χ0) is 36.2. The van der Waals surface area contributed by atoms with Crippen molar-refractivity contribution in [3.05, 3.63) is 107 Å². The molecule has 2 aromatic heterocycles. The fourth-order valence-electron chi connectivity index (χ4n) is 4.34. The molecule has 0 saturated carbocycles. The Kier molecular flexibility index (Phi) is 14.6. The minimum Gasteiger partial charge on any atom is -0.481 e. The summed E-state index contributed by atoms with van der Waals surface area (Å²) in [7, 11) is -9.89. The van der Waals surface area contributed by atoms with E-state index in [-0.39, 0.29) is 12.8 Å². The molecule has 0 atom stereocenters. The highest BCUT2D eigenvalue weighted by Crippen LogP contribution is 2.45. The topological polar surface area (TPSA) is 270 Å². The van der Waals surface area contributed by atoms with E-state index >= 15 is 0 Å². The Morgan fingerprint density at radius 2 is 1.39 bits per heavy atom. The van der Waals surface area contributed by atoms with Gasteiger partial charge in [-0.15, -0.1) is 20.5 Å². The van der Waals surface area contributed by atoms with E-state index in [4.69, 9.17) is 37.3 Å². The second-order valence-corrected chi connectivity index (χ2v) is 13.2. The number of nitrogens with zero attached hydrogens (tertiary/aromatic N) is 3. The van der Waals surface area contributed by atoms with Gasteiger partial charge in [0, 0.05) is 47.9 Å². The van der Waals surface area contributed by atoms with Gasteiger partial charge >= 0.3 is 11.9 Å². The molecule has 0 saturated heterocycles. The first-order valence-electron chi connectivity index (χ1n) is 13.7. The number of anilines is 1. The standard InChI is InChI=1S/C30H25N3O4S2.2ClHO4/c34-29(35)16-20-32-23-8-2-4-10-25(23)38-27(32)14-12-22(31-18-6-1-7-19-31)13-15-28-33(21-17-30(36)37)24-9-3-5-11-26(24)39-28;2*2-1(3,4)5/h1-15,18-19H,16-17,20-21H2;2*(H,2,3,4,5). The van der Waals surface area contributed by atoms with Crippen LogP contribution in [0, 0.1) is 20.5 Å². The number of rotatable bonds is 10. The zero-order valence-corrected chi connectivity index (χ0v) is 28.2. The molecule has 15 nitrogen and oxygen atoms in total. The lowest BCUT2D eigenvalue weighted by Crippen LogP contribution is -2.68. The summed E-state index contributed by atoms with van der Waals surface area (Å²) >= 11 is 3.24. The molecule has 3 heterocycles. The van der Waals surface area contributed by atoms with Gasteiger partial charge in [0.05, 0.1) is 17.1 Å². The predicted octanol–water partition coefficient (Wildman–Crippen LogP) is -4.08. The highest BCUT2D eigenvalue weighted by atomic mass is 35.7. The molecule has 2 N–H and O–H groups in total. The Morgan fingerprint density at radius 3 is 2.02 bits per heavy atom. The molecule has 19 heteroatoms. The van der Waals surface area contributed by atoms with Crippen LogP contribution in [0.15, 0.2) is 107 Å². The van der Waals surface area contributed by atoms with Crippen molar-refractivity contribution in [3.63, 3.8) is 0 Å². The third kappa shape index (κ3) is 14.2. The van der Waals surface area contributed by atoms with Crippen LogP contribution in [0.2, 0.25) is 0 Å². The van der Waals surface area contributed by atoms with Crippen molar-refractivity contribution in [2.24, 2.45) is 0 Å². The number of hydrogen-bond donors (Lipinski definition) is 2. The average Bonchev–Trinajstić information content (AvgIpc) is 3.55. The smallest absolute Gasteiger partial charge is 0.309 e. The zero-order valence-electron chi connectivity index (χ0n) is 25.0. The third-order valence-electron chi connectivity index (χ3n) is 6.18. The van der Waals surface area contributed by atoms with Crippen LogP contribution in [0.4, 0.5) is 5.69 Å². The Labute approximate surface area is 291 Å². The van der Waals surface area contributed by atoms with Crippen LogP contribution >= 0.6 is 23.1 Å². The molecule has 260 valence electrons. The number of para-hydroxylation sites is 2. The van der Waals surface area contributed by atoms with Gasteiger partial charge in [-0.25, -0.2) is 37.3 Å². The Balaban J connectivity index is 0.000000571. The Hall–Kier alpha value is -3.95. The number of pyridine rings is 1. The van der Waals surface area contributed by atoms with E-state index in [1.54, 1.807) is 23.1 Å². The van der Waals surface area contributed by atoms with Crippen LogP contribution in [0.25, 0.3) is 22.0 Å². The molecule has 0 bridgehead atoms. The fourth-order valence-corrected chi connectivity index (χ4v) is 6.52. The first kappa shape index (κ1) is 39.5. The van der Waals surface area contributed by atoms with Crippen molar-refractivity contribution in [2.45, 2.75) is 24.3 Å². The van der Waals surface area contributed by atoms with Gasteiger partial charge in [0.2, 0.25) is 11.2 Å². The molecule has 1 aliphatic rings. The first-order valence-corrected chi connectivity index (χ1v) is 17.8. The SMILES string of the molecule is O=C(O)CCN1\C(=C/C=C(/C=C/c2sc3ccccc3[n+]2CCC(=O)O)[n+]2ccccc2)Sc2ccccc21.[O-][Cl+3]([O-])([O-])[O-].[O-][Cl+3]([O-])([O-])[O-]. The number of thioether (sulfide) groups is 1. The predicted molar refractivity (Wildman–Crippen MR) is 154 cm³/mol. The number of aliphatic carboxylic acids is 2. The average molecular weight is 757 g/mol. The monoisotopic (exact) mass is 755 g/mol. The van der Waals surface area contributed by atoms with Gasteiger partial charge in [-0.2, -0.15) is 9.13 Å². The highest BCUT2D eigenvalue weighted by molar-refractivity contribution is 8.03. The lowest BCUT2D eigenvalue weighted by atomic mass is 10.2. The van der Waals surface area contributed by atoms with E-state index in [1.165, 1.54) is 0 Å². The number of hydrogen-bond acceptors (Lipinski definition) is 13. The summed E-state index contributed by atoms with van der Waals surface area (Å²) in [5.41, 5.74) is 2.93. The van der Waals surface area contributed by atoms with Gasteiger partial charge in [-0.1, -0.05) is 53.4 Å². The number of carboxylic acids is 2. The third-order valence-corrected chi connectivity index (χ3v) is 8.44. The van der Waals surface area contributed by atoms with Crippen molar-refractivity contribution >= 4 is 62.7 Å². The van der Waals surface area contributed by atoms with E-state index in [1.807, 2.05) is 117 Å². The van der Waals surface area contributed by atoms with E-state index in [2.05, 4.69) is 0 Å². The number of aryl methyl sites for hydroxylation is 1. The maximum Gasteiger partial charge on any atom is 0.309 e. The number of halogens is 2. The summed E-state index contributed by atoms with van der Waals surface area (Å²) in [4.78, 5) is 25.8. The summed E-state index contributed by atoms with van der Waals surface area (Å²) in [6.45, 7) is 0.766. The number of thiazole rings is 1. The summed E-state index contributed by atoms with van der Waals surface area (Å²) in [5.74, 6) is -1.66. The molecule has 0 aliphatic carbocycles. The van der Waals surface area contributed by atoms with Crippen molar-refractivity contribution in [2.75, 3.05) is 11.4 Å². The molecule has 4 aromatic rings. The van der Waals surface area contributed by atoms with Gasteiger partial charge < -0.3 is 15.1 Å². The summed E-state index contributed by atoms with van der Waals surface area (Å²) in [6.07, 6.45) is 12.1. The fraction of sp³-hybridized carbons (Fsp3) is 0.133. The number of aromatic nitrogens is 2. The maximum absolute atomic E-state index is 11.3. The molecule has 2 aromatic carbocycles. The normalized spacial score (nSPS) is 13.9. The summed E-state index contributed by atoms with van der Waals surface area (Å²) in [6, 6.07) is 21.9. The molecular formula is C30H27Cl2N3O12S2. The lowest BCUT2D eigenvalue weighted by Gasteiger charge is -2.19. The van der Waals surface area contributed by atoms with E-state index in [0.29, 0.717) is 13.1 Å². The minimum atomic E-state index is -4.94. The Bertz CT molecular complexity index is 1800. The van der Waals surface area contributed by atoms with Gasteiger partial charge in [-0.3, -0.25) is 9.59 Å². The Morgan fingerprint density at radius 1 is 0.796 bits per heavy atom. The van der Waals surface area contributed by atoms with Crippen LogP contribution in [-0.4, -0.2) is 28.7 Å². The molecule has 5 rings (SSSR count). The van der Waals surface area contributed by atoms with Crippen molar-refractivity contribution < 1.29 is 86.7 Å². The number of benzene rings is 2. The van der Waals surface area contributed by atoms with Crippen LogP contribution < -0.4 is 51.3 Å². The first-order chi connectivity index (χ1) is 23.0. The maximum atomic E-state index is 11.3. The van der Waals surface area contributed by atoms with E-state index in [0.717, 1.165) is 36.5 Å². The largest absolute Gasteiger partial charge is 0.481 e. The van der Waals surface area contributed by atoms with Gasteiger partial charge in [0.25, 0.3) is 5.01 Å². The second-order valence-electron chi connectivity index (χ2n) is 9.54. The van der Waals surface area contributed by atoms with Crippen LogP contribution in [0.5, 0.6) is 0 Å². The van der Waals surface area contributed by atoms with E-state index in [9.17, 15) is 19.8 Å². The van der Waals surface area contributed by atoms with Crippen LogP contribution in [0.1, 0.15) is 17.8 Å². The van der Waals surface area contributed by atoms with Crippen LogP contribution in [0.3, 0.4) is 0 Å². The van der Waals surface area contributed by atoms with Gasteiger partial charge in [0.1, 0.15) is 11.1 Å². The summed E-state index contributed by atoms with van der Waals surface area (Å²) < 4.78 is 73.1. The molecule has 0 unspecified atom stereocenters. The molecule has 1 aliphatic heterocycles. The second kappa shape index (κ2) is 18.2. The van der Waals surface area contributed by atoms with Gasteiger partial charge in [-0.05, 0) is 24.3 Å². The lowest BCUT2D eigenvalue weighted by molar-refractivity contribution is -2.00. The summed E-state index contributed by atoms with van der Waals surface area (Å²) in [5, 5.41) is 20.5. The van der Waals surface area contributed by atoms with Crippen molar-refractivity contribution in [3.8, 4) is 0 Å². The van der Waals surface area contributed by atoms with E-state index < -0.39 is 32.4 Å². The van der Waals surface area contributed by atoms with Gasteiger partial charge in [0.15, 0.2) is 18.9 Å². The molecule has 0 spiro atoms.